The molecule has 5 rings (SSSR count). The van der Waals surface area contributed by atoms with Crippen LogP contribution < -0.4 is 14.4 Å². The number of amides is 1. The van der Waals surface area contributed by atoms with Gasteiger partial charge in [0.15, 0.2) is 0 Å². The summed E-state index contributed by atoms with van der Waals surface area (Å²) in [6, 6.07) is 32.3. The molecule has 0 spiro atoms. The number of anilines is 1. The first-order valence-electron chi connectivity index (χ1n) is 13.4. The second kappa shape index (κ2) is 11.6. The summed E-state index contributed by atoms with van der Waals surface area (Å²) in [4.78, 5) is 16.2. The Balaban J connectivity index is 1.48. The summed E-state index contributed by atoms with van der Waals surface area (Å²) in [5.41, 5.74) is 5.51. The molecular formula is C34H35NO3. The summed E-state index contributed by atoms with van der Waals surface area (Å²) in [5.74, 6) is 2.67. The first kappa shape index (κ1) is 25.6. The fourth-order valence-corrected chi connectivity index (χ4v) is 5.20. The molecule has 0 aliphatic heterocycles. The van der Waals surface area contributed by atoms with E-state index in [1.807, 2.05) is 65.6 Å². The number of rotatable bonds is 8. The Morgan fingerprint density at radius 3 is 2.37 bits per heavy atom. The highest BCUT2D eigenvalue weighted by molar-refractivity contribution is 5.98. The van der Waals surface area contributed by atoms with Crippen molar-refractivity contribution in [3.8, 4) is 17.2 Å². The number of carbonyl (C=O) groups is 1. The van der Waals surface area contributed by atoms with Crippen LogP contribution in [0.5, 0.6) is 17.2 Å². The van der Waals surface area contributed by atoms with Gasteiger partial charge in [-0.2, -0.15) is 0 Å². The van der Waals surface area contributed by atoms with Crippen LogP contribution in [0.15, 0.2) is 97.1 Å². The standard InChI is InChI=1S/C34H35NO3/c1-24(2)26-15-18-28(19-16-26)35(23-25-9-7-13-31(21-25)38-29-11-5-4-6-12-29)34(36)32-14-8-10-27-17-20-30(37-3)22-33(27)32/h4-7,9,11-13,15-22,24,32H,8,10,14,23H2,1-3H3. The zero-order valence-electron chi connectivity index (χ0n) is 22.4. The van der Waals surface area contributed by atoms with Gasteiger partial charge in [0.25, 0.3) is 0 Å². The van der Waals surface area contributed by atoms with Crippen molar-refractivity contribution in [2.45, 2.75) is 51.5 Å². The number of nitrogens with zero attached hydrogens (tertiary/aromatic N) is 1. The Morgan fingerprint density at radius 2 is 1.63 bits per heavy atom. The van der Waals surface area contributed by atoms with Crippen molar-refractivity contribution in [3.05, 3.63) is 119 Å². The van der Waals surface area contributed by atoms with Gasteiger partial charge in [0, 0.05) is 5.69 Å². The fraction of sp³-hybridized carbons (Fsp3) is 0.265. The average Bonchev–Trinajstić information content (AvgIpc) is 2.96. The van der Waals surface area contributed by atoms with Gasteiger partial charge in [0.05, 0.1) is 19.6 Å². The molecule has 0 saturated carbocycles. The molecule has 0 N–H and O–H groups in total. The molecule has 4 aromatic carbocycles. The van der Waals surface area contributed by atoms with Crippen LogP contribution in [0.2, 0.25) is 0 Å². The average molecular weight is 506 g/mol. The quantitative estimate of drug-likeness (QED) is 0.242. The van der Waals surface area contributed by atoms with E-state index < -0.39 is 0 Å². The van der Waals surface area contributed by atoms with Crippen molar-refractivity contribution in [2.75, 3.05) is 12.0 Å². The van der Waals surface area contributed by atoms with Gasteiger partial charge >= 0.3 is 0 Å². The van der Waals surface area contributed by atoms with E-state index in [0.717, 1.165) is 53.3 Å². The number of methoxy groups -OCH3 is 1. The molecule has 194 valence electrons. The van der Waals surface area contributed by atoms with Crippen LogP contribution >= 0.6 is 0 Å². The number of hydrogen-bond acceptors (Lipinski definition) is 3. The first-order chi connectivity index (χ1) is 18.5. The Morgan fingerprint density at radius 1 is 0.868 bits per heavy atom. The third-order valence-corrected chi connectivity index (χ3v) is 7.32. The van der Waals surface area contributed by atoms with Gasteiger partial charge in [-0.3, -0.25) is 4.79 Å². The molecule has 1 unspecified atom stereocenters. The van der Waals surface area contributed by atoms with Crippen molar-refractivity contribution >= 4 is 11.6 Å². The van der Waals surface area contributed by atoms with E-state index in [1.54, 1.807) is 7.11 Å². The molecule has 0 saturated heterocycles. The number of hydrogen-bond donors (Lipinski definition) is 0. The minimum absolute atomic E-state index is 0.117. The van der Waals surface area contributed by atoms with Crippen molar-refractivity contribution in [1.82, 2.24) is 0 Å². The molecule has 4 nitrogen and oxygen atoms in total. The third kappa shape index (κ3) is 5.75. The lowest BCUT2D eigenvalue weighted by Crippen LogP contribution is -2.36. The monoisotopic (exact) mass is 505 g/mol. The largest absolute Gasteiger partial charge is 0.497 e. The van der Waals surface area contributed by atoms with Crippen LogP contribution in [0.1, 0.15) is 60.8 Å². The molecule has 1 aliphatic carbocycles. The summed E-state index contributed by atoms with van der Waals surface area (Å²) in [5, 5.41) is 0. The van der Waals surface area contributed by atoms with Gasteiger partial charge in [-0.15, -0.1) is 0 Å². The van der Waals surface area contributed by atoms with Gasteiger partial charge in [0.1, 0.15) is 17.2 Å². The summed E-state index contributed by atoms with van der Waals surface area (Å²) < 4.78 is 11.6. The van der Waals surface area contributed by atoms with E-state index in [0.29, 0.717) is 12.5 Å². The molecule has 4 heteroatoms. The fourth-order valence-electron chi connectivity index (χ4n) is 5.20. The molecule has 4 aromatic rings. The predicted octanol–water partition coefficient (Wildman–Crippen LogP) is 8.26. The van der Waals surface area contributed by atoms with E-state index in [-0.39, 0.29) is 11.8 Å². The van der Waals surface area contributed by atoms with Crippen molar-refractivity contribution in [2.24, 2.45) is 0 Å². The van der Waals surface area contributed by atoms with E-state index in [9.17, 15) is 4.79 Å². The maximum atomic E-state index is 14.3. The van der Waals surface area contributed by atoms with Gasteiger partial charge in [-0.1, -0.05) is 62.4 Å². The third-order valence-electron chi connectivity index (χ3n) is 7.32. The molecule has 0 heterocycles. The van der Waals surface area contributed by atoms with Gasteiger partial charge in [0.2, 0.25) is 5.91 Å². The van der Waals surface area contributed by atoms with Crippen LogP contribution in [0, 0.1) is 0 Å². The Hall–Kier alpha value is -4.05. The minimum atomic E-state index is -0.206. The number of carbonyl (C=O) groups excluding carboxylic acids is 1. The smallest absolute Gasteiger partial charge is 0.234 e. The summed E-state index contributed by atoms with van der Waals surface area (Å²) in [7, 11) is 1.68. The number of para-hydroxylation sites is 1. The van der Waals surface area contributed by atoms with Gasteiger partial charge in [-0.05, 0) is 96.0 Å². The lowest BCUT2D eigenvalue weighted by molar-refractivity contribution is -0.120. The number of aryl methyl sites for hydroxylation is 1. The maximum absolute atomic E-state index is 14.3. The van der Waals surface area contributed by atoms with Crippen LogP contribution in [0.25, 0.3) is 0 Å². The van der Waals surface area contributed by atoms with Gasteiger partial charge < -0.3 is 14.4 Å². The predicted molar refractivity (Wildman–Crippen MR) is 153 cm³/mol. The molecular weight excluding hydrogens is 470 g/mol. The highest BCUT2D eigenvalue weighted by Crippen LogP contribution is 2.37. The Bertz CT molecular complexity index is 1380. The molecule has 1 amide bonds. The molecule has 38 heavy (non-hydrogen) atoms. The van der Waals surface area contributed by atoms with Crippen LogP contribution in [-0.4, -0.2) is 13.0 Å². The second-order valence-electron chi connectivity index (χ2n) is 10.2. The first-order valence-corrected chi connectivity index (χ1v) is 13.4. The maximum Gasteiger partial charge on any atom is 0.234 e. The highest BCUT2D eigenvalue weighted by atomic mass is 16.5. The van der Waals surface area contributed by atoms with E-state index in [4.69, 9.17) is 9.47 Å². The van der Waals surface area contributed by atoms with Crippen molar-refractivity contribution in [3.63, 3.8) is 0 Å². The van der Waals surface area contributed by atoms with Crippen LogP contribution in [0.3, 0.4) is 0 Å². The summed E-state index contributed by atoms with van der Waals surface area (Å²) in [6.07, 6.45) is 2.82. The van der Waals surface area contributed by atoms with Crippen molar-refractivity contribution in [1.29, 1.82) is 0 Å². The Labute approximate surface area is 225 Å². The summed E-state index contributed by atoms with van der Waals surface area (Å²) in [6.45, 7) is 4.83. The van der Waals surface area contributed by atoms with E-state index >= 15 is 0 Å². The molecule has 0 fully saturated rings. The zero-order chi connectivity index (χ0) is 26.5. The molecule has 0 bridgehead atoms. The normalized spacial score (nSPS) is 14.6. The highest BCUT2D eigenvalue weighted by Gasteiger charge is 2.31. The molecule has 0 aromatic heterocycles. The lowest BCUT2D eigenvalue weighted by Gasteiger charge is -2.31. The van der Waals surface area contributed by atoms with Crippen LogP contribution in [-0.2, 0) is 17.8 Å². The lowest BCUT2D eigenvalue weighted by atomic mass is 9.81. The van der Waals surface area contributed by atoms with E-state index in [2.05, 4.69) is 50.2 Å². The minimum Gasteiger partial charge on any atom is -0.497 e. The zero-order valence-corrected chi connectivity index (χ0v) is 22.4. The molecule has 1 atom stereocenters. The number of benzene rings is 4. The molecule has 0 radical (unpaired) electrons. The van der Waals surface area contributed by atoms with Crippen molar-refractivity contribution < 1.29 is 14.3 Å². The number of fused-ring (bicyclic) bond motifs is 1. The Kier molecular flexibility index (Phi) is 7.78. The van der Waals surface area contributed by atoms with E-state index in [1.165, 1.54) is 11.1 Å². The summed E-state index contributed by atoms with van der Waals surface area (Å²) >= 11 is 0. The van der Waals surface area contributed by atoms with Gasteiger partial charge in [-0.25, -0.2) is 0 Å². The topological polar surface area (TPSA) is 38.8 Å². The van der Waals surface area contributed by atoms with Crippen LogP contribution in [0.4, 0.5) is 5.69 Å². The second-order valence-corrected chi connectivity index (χ2v) is 10.2. The SMILES string of the molecule is COc1ccc2c(c1)C(C(=O)N(Cc1cccc(Oc3ccccc3)c1)c1ccc(C(C)C)cc1)CCC2. The molecule has 1 aliphatic rings. The number of ether oxygens (including phenoxy) is 2.